The standard InChI is InChI=1S/C18H25NO2/c1-3-21-16-11-8-15(9-12-16)10-13-18(20)19-17-7-5-4-6-14(17)2/h8-14,17H,3-7H2,1-2H3,(H,19,20)/b13-10+/t14-,17+/m1/s1. The second-order valence-electron chi connectivity index (χ2n) is 5.71. The number of carbonyl (C=O) groups is 1. The van der Waals surface area contributed by atoms with Crippen LogP contribution in [0.15, 0.2) is 30.3 Å². The maximum Gasteiger partial charge on any atom is 0.244 e. The molecule has 0 unspecified atom stereocenters. The van der Waals surface area contributed by atoms with Crippen molar-refractivity contribution in [3.63, 3.8) is 0 Å². The van der Waals surface area contributed by atoms with E-state index < -0.39 is 0 Å². The molecule has 3 heteroatoms. The van der Waals surface area contributed by atoms with E-state index in [1.54, 1.807) is 6.08 Å². The topological polar surface area (TPSA) is 38.3 Å². The Kier molecular flexibility index (Phi) is 5.85. The molecule has 114 valence electrons. The Morgan fingerprint density at radius 1 is 1.29 bits per heavy atom. The average molecular weight is 287 g/mol. The lowest BCUT2D eigenvalue weighted by Crippen LogP contribution is -2.40. The second kappa shape index (κ2) is 7.87. The van der Waals surface area contributed by atoms with Gasteiger partial charge in [0.05, 0.1) is 6.61 Å². The molecule has 0 aliphatic heterocycles. The highest BCUT2D eigenvalue weighted by Crippen LogP contribution is 2.23. The molecule has 1 aliphatic rings. The molecule has 0 aromatic heterocycles. The molecule has 1 aliphatic carbocycles. The molecule has 3 nitrogen and oxygen atoms in total. The number of ether oxygens (including phenoxy) is 1. The van der Waals surface area contributed by atoms with Gasteiger partial charge < -0.3 is 10.1 Å². The number of amides is 1. The zero-order chi connectivity index (χ0) is 15.1. The maximum absolute atomic E-state index is 12.0. The van der Waals surface area contributed by atoms with Crippen molar-refractivity contribution >= 4 is 12.0 Å². The molecule has 1 aromatic rings. The predicted molar refractivity (Wildman–Crippen MR) is 86.2 cm³/mol. The van der Waals surface area contributed by atoms with Crippen LogP contribution in [0.5, 0.6) is 5.75 Å². The molecule has 21 heavy (non-hydrogen) atoms. The van der Waals surface area contributed by atoms with E-state index in [1.165, 1.54) is 19.3 Å². The van der Waals surface area contributed by atoms with Gasteiger partial charge in [-0.25, -0.2) is 0 Å². The fourth-order valence-electron chi connectivity index (χ4n) is 2.78. The summed E-state index contributed by atoms with van der Waals surface area (Å²) in [5, 5.41) is 3.12. The van der Waals surface area contributed by atoms with Crippen LogP contribution in [-0.4, -0.2) is 18.6 Å². The minimum absolute atomic E-state index is 0.00244. The molecule has 0 radical (unpaired) electrons. The average Bonchev–Trinajstić information content (AvgIpc) is 2.49. The van der Waals surface area contributed by atoms with Gasteiger partial charge in [-0.3, -0.25) is 4.79 Å². The minimum atomic E-state index is 0.00244. The quantitative estimate of drug-likeness (QED) is 0.837. The van der Waals surface area contributed by atoms with E-state index in [2.05, 4.69) is 12.2 Å². The van der Waals surface area contributed by atoms with Gasteiger partial charge in [0.1, 0.15) is 5.75 Å². The van der Waals surface area contributed by atoms with Crippen LogP contribution in [0, 0.1) is 5.92 Å². The van der Waals surface area contributed by atoms with Crippen LogP contribution in [-0.2, 0) is 4.79 Å². The van der Waals surface area contributed by atoms with Crippen molar-refractivity contribution in [1.29, 1.82) is 0 Å². The summed E-state index contributed by atoms with van der Waals surface area (Å²) in [5.74, 6) is 1.44. The second-order valence-corrected chi connectivity index (χ2v) is 5.71. The van der Waals surface area contributed by atoms with Crippen LogP contribution >= 0.6 is 0 Å². The SMILES string of the molecule is CCOc1ccc(/C=C/C(=O)N[C@H]2CCCC[C@H]2C)cc1. The fourth-order valence-corrected chi connectivity index (χ4v) is 2.78. The van der Waals surface area contributed by atoms with Crippen LogP contribution in [0.1, 0.15) is 45.1 Å². The van der Waals surface area contributed by atoms with Crippen LogP contribution < -0.4 is 10.1 Å². The van der Waals surface area contributed by atoms with Crippen molar-refractivity contribution in [3.8, 4) is 5.75 Å². The zero-order valence-corrected chi connectivity index (χ0v) is 13.0. The molecule has 0 saturated heterocycles. The molecule has 2 atom stereocenters. The number of carbonyl (C=O) groups excluding carboxylic acids is 1. The van der Waals surface area contributed by atoms with Crippen LogP contribution in [0.2, 0.25) is 0 Å². The van der Waals surface area contributed by atoms with Crippen molar-refractivity contribution in [2.45, 2.75) is 45.6 Å². The maximum atomic E-state index is 12.0. The van der Waals surface area contributed by atoms with Crippen LogP contribution in [0.3, 0.4) is 0 Å². The van der Waals surface area contributed by atoms with Gasteiger partial charge in [-0.05, 0) is 49.5 Å². The summed E-state index contributed by atoms with van der Waals surface area (Å²) in [6.45, 7) is 4.85. The number of benzene rings is 1. The molecule has 1 aromatic carbocycles. The molecule has 0 heterocycles. The van der Waals surface area contributed by atoms with Crippen molar-refractivity contribution in [1.82, 2.24) is 5.32 Å². The zero-order valence-electron chi connectivity index (χ0n) is 13.0. The van der Waals surface area contributed by atoms with Gasteiger partial charge in [-0.15, -0.1) is 0 Å². The molecule has 0 spiro atoms. The summed E-state index contributed by atoms with van der Waals surface area (Å²) in [7, 11) is 0. The van der Waals surface area contributed by atoms with Gasteiger partial charge in [-0.2, -0.15) is 0 Å². The van der Waals surface area contributed by atoms with Crippen LogP contribution in [0.25, 0.3) is 6.08 Å². The van der Waals surface area contributed by atoms with E-state index in [9.17, 15) is 4.79 Å². The van der Waals surface area contributed by atoms with Gasteiger partial charge in [0.2, 0.25) is 5.91 Å². The van der Waals surface area contributed by atoms with E-state index in [0.717, 1.165) is 17.7 Å². The molecular formula is C18H25NO2. The van der Waals surface area contributed by atoms with Crippen molar-refractivity contribution < 1.29 is 9.53 Å². The first-order chi connectivity index (χ1) is 10.2. The Bertz CT molecular complexity index is 478. The van der Waals surface area contributed by atoms with Gasteiger partial charge in [0.25, 0.3) is 0 Å². The highest BCUT2D eigenvalue weighted by atomic mass is 16.5. The first kappa shape index (κ1) is 15.6. The van der Waals surface area contributed by atoms with Gasteiger partial charge in [0.15, 0.2) is 0 Å². The van der Waals surface area contributed by atoms with E-state index in [1.807, 2.05) is 37.3 Å². The Balaban J connectivity index is 1.86. The van der Waals surface area contributed by atoms with E-state index in [4.69, 9.17) is 4.74 Å². The largest absolute Gasteiger partial charge is 0.494 e. The summed E-state index contributed by atoms with van der Waals surface area (Å²) in [6.07, 6.45) is 8.29. The van der Waals surface area contributed by atoms with E-state index >= 15 is 0 Å². The van der Waals surface area contributed by atoms with Crippen molar-refractivity contribution in [2.24, 2.45) is 5.92 Å². The smallest absolute Gasteiger partial charge is 0.244 e. The molecule has 1 amide bonds. The normalized spacial score (nSPS) is 22.2. The summed E-state index contributed by atoms with van der Waals surface area (Å²) in [4.78, 5) is 12.0. The highest BCUT2D eigenvalue weighted by Gasteiger charge is 2.21. The molecular weight excluding hydrogens is 262 g/mol. The van der Waals surface area contributed by atoms with Gasteiger partial charge >= 0.3 is 0 Å². The first-order valence-corrected chi connectivity index (χ1v) is 7.90. The number of hydrogen-bond acceptors (Lipinski definition) is 2. The van der Waals surface area contributed by atoms with Gasteiger partial charge in [0, 0.05) is 12.1 Å². The van der Waals surface area contributed by atoms with E-state index in [-0.39, 0.29) is 5.91 Å². The summed E-state index contributed by atoms with van der Waals surface area (Å²) < 4.78 is 5.40. The molecule has 0 bridgehead atoms. The Morgan fingerprint density at radius 2 is 2.00 bits per heavy atom. The third kappa shape index (κ3) is 4.92. The van der Waals surface area contributed by atoms with Gasteiger partial charge in [-0.1, -0.05) is 31.9 Å². The lowest BCUT2D eigenvalue weighted by molar-refractivity contribution is -0.117. The van der Waals surface area contributed by atoms with Crippen molar-refractivity contribution in [3.05, 3.63) is 35.9 Å². The molecule has 1 N–H and O–H groups in total. The third-order valence-corrected chi connectivity index (χ3v) is 4.06. The first-order valence-electron chi connectivity index (χ1n) is 7.90. The number of hydrogen-bond donors (Lipinski definition) is 1. The Morgan fingerprint density at radius 3 is 2.67 bits per heavy atom. The lowest BCUT2D eigenvalue weighted by atomic mass is 9.86. The molecule has 1 fully saturated rings. The molecule has 2 rings (SSSR count). The molecule has 1 saturated carbocycles. The fraction of sp³-hybridized carbons (Fsp3) is 0.500. The summed E-state index contributed by atoms with van der Waals surface area (Å²) in [6, 6.07) is 8.08. The Labute approximate surface area is 127 Å². The predicted octanol–water partition coefficient (Wildman–Crippen LogP) is 3.79. The highest BCUT2D eigenvalue weighted by molar-refractivity contribution is 5.91. The number of nitrogens with one attached hydrogen (secondary N) is 1. The van der Waals surface area contributed by atoms with E-state index in [0.29, 0.717) is 18.6 Å². The minimum Gasteiger partial charge on any atom is -0.494 e. The monoisotopic (exact) mass is 287 g/mol. The number of rotatable bonds is 5. The Hall–Kier alpha value is -1.77. The lowest BCUT2D eigenvalue weighted by Gasteiger charge is -2.29. The summed E-state index contributed by atoms with van der Waals surface area (Å²) in [5.41, 5.74) is 1.00. The van der Waals surface area contributed by atoms with Crippen molar-refractivity contribution in [2.75, 3.05) is 6.61 Å². The summed E-state index contributed by atoms with van der Waals surface area (Å²) >= 11 is 0. The third-order valence-electron chi connectivity index (χ3n) is 4.06. The van der Waals surface area contributed by atoms with Crippen LogP contribution in [0.4, 0.5) is 0 Å².